The van der Waals surface area contributed by atoms with Crippen molar-refractivity contribution in [2.45, 2.75) is 92.9 Å². The van der Waals surface area contributed by atoms with Crippen LogP contribution < -0.4 is 10.6 Å². The number of carbonyl (C=O) groups excluding carboxylic acids is 1. The molecule has 0 aromatic carbocycles. The summed E-state index contributed by atoms with van der Waals surface area (Å²) < 4.78 is 0. The van der Waals surface area contributed by atoms with Gasteiger partial charge in [-0.25, -0.2) is 4.98 Å². The van der Waals surface area contributed by atoms with Crippen LogP contribution in [0.3, 0.4) is 0 Å². The van der Waals surface area contributed by atoms with Crippen molar-refractivity contribution in [2.75, 3.05) is 11.9 Å². The number of carbonyl (C=O) groups is 2. The Morgan fingerprint density at radius 2 is 1.86 bits per heavy atom. The molecule has 192 valence electrons. The van der Waals surface area contributed by atoms with Crippen LogP contribution in [0.4, 0.5) is 5.82 Å². The van der Waals surface area contributed by atoms with E-state index in [1.54, 1.807) is 11.8 Å². The van der Waals surface area contributed by atoms with E-state index in [9.17, 15) is 14.7 Å². The minimum absolute atomic E-state index is 0.112. The van der Waals surface area contributed by atoms with Crippen molar-refractivity contribution >= 4 is 29.5 Å². The van der Waals surface area contributed by atoms with Gasteiger partial charge in [0.05, 0.1) is 16.8 Å². The smallest absolute Gasteiger partial charge is 0.306 e. The third-order valence-electron chi connectivity index (χ3n) is 9.00. The summed E-state index contributed by atoms with van der Waals surface area (Å²) in [6, 6.07) is 4.20. The molecule has 0 saturated heterocycles. The number of anilines is 1. The summed E-state index contributed by atoms with van der Waals surface area (Å²) in [5.74, 6) is 2.05. The fourth-order valence-corrected chi connectivity index (χ4v) is 8.31. The van der Waals surface area contributed by atoms with Crippen molar-refractivity contribution in [2.24, 2.45) is 29.6 Å². The number of hydrogen-bond acceptors (Lipinski definition) is 6. The second-order valence-corrected chi connectivity index (χ2v) is 12.8. The van der Waals surface area contributed by atoms with Crippen LogP contribution >= 0.6 is 11.8 Å². The molecule has 6 rings (SSSR count). The topological polar surface area (TPSA) is 112 Å². The number of aliphatic carboxylic acids is 1. The van der Waals surface area contributed by atoms with E-state index in [-0.39, 0.29) is 23.1 Å². The highest BCUT2D eigenvalue weighted by molar-refractivity contribution is 8.00. The van der Waals surface area contributed by atoms with Gasteiger partial charge in [0.15, 0.2) is 0 Å². The lowest BCUT2D eigenvalue weighted by atomic mass is 9.52. The van der Waals surface area contributed by atoms with E-state index in [2.05, 4.69) is 22.5 Å². The highest BCUT2D eigenvalue weighted by Crippen LogP contribution is 2.55. The molecule has 4 bridgehead atoms. The Bertz CT molecular complexity index is 902. The first-order valence-corrected chi connectivity index (χ1v) is 14.3. The van der Waals surface area contributed by atoms with Gasteiger partial charge in [-0.1, -0.05) is 6.92 Å². The standard InChI is InChI=1S/C27H39N3O4S/c1-2-22(25(31)30-24-19-9-17-10-20(24)13-27(34,11-17)12-19)35-21-7-8-23(29-15-21)28-14-16-3-5-18(6-4-16)26(32)33/h7-8,15-20,22,24,34H,2-6,9-14H2,1H3,(H,28,29)(H,30,31)(H,32,33). The summed E-state index contributed by atoms with van der Waals surface area (Å²) in [6.07, 6.45) is 10.9. The minimum Gasteiger partial charge on any atom is -0.481 e. The summed E-state index contributed by atoms with van der Waals surface area (Å²) in [5.41, 5.74) is -0.476. The number of pyridine rings is 1. The molecule has 5 aliphatic carbocycles. The molecule has 0 aliphatic heterocycles. The van der Waals surface area contributed by atoms with E-state index in [0.29, 0.717) is 23.7 Å². The summed E-state index contributed by atoms with van der Waals surface area (Å²) in [6.45, 7) is 2.87. The molecule has 5 fully saturated rings. The zero-order chi connectivity index (χ0) is 24.6. The molecule has 5 aliphatic rings. The largest absolute Gasteiger partial charge is 0.481 e. The number of rotatable bonds is 9. The van der Waals surface area contributed by atoms with Crippen molar-refractivity contribution < 1.29 is 19.8 Å². The van der Waals surface area contributed by atoms with Crippen LogP contribution in [0.5, 0.6) is 0 Å². The average Bonchev–Trinajstić information content (AvgIpc) is 2.83. The fraction of sp³-hybridized carbons (Fsp3) is 0.741. The average molecular weight is 502 g/mol. The minimum atomic E-state index is -0.665. The van der Waals surface area contributed by atoms with Crippen LogP contribution in [-0.4, -0.2) is 50.5 Å². The number of carboxylic acids is 1. The van der Waals surface area contributed by atoms with E-state index >= 15 is 0 Å². The number of thioether (sulfide) groups is 1. The highest BCUT2D eigenvalue weighted by Gasteiger charge is 2.55. The molecule has 3 unspecified atom stereocenters. The van der Waals surface area contributed by atoms with Gasteiger partial charge >= 0.3 is 5.97 Å². The van der Waals surface area contributed by atoms with Gasteiger partial charge in [0.25, 0.3) is 0 Å². The maximum absolute atomic E-state index is 13.2. The zero-order valence-corrected chi connectivity index (χ0v) is 21.4. The molecular formula is C27H39N3O4S. The number of carboxylic acid groups (broad SMARTS) is 1. The molecule has 3 atom stereocenters. The molecule has 1 heterocycles. The first kappa shape index (κ1) is 24.9. The Morgan fingerprint density at radius 1 is 1.14 bits per heavy atom. The summed E-state index contributed by atoms with van der Waals surface area (Å²) in [4.78, 5) is 29.9. The number of aliphatic hydroxyl groups is 1. The number of nitrogens with one attached hydrogen (secondary N) is 2. The normalized spacial score (nSPS) is 36.5. The molecule has 35 heavy (non-hydrogen) atoms. The number of nitrogens with zero attached hydrogens (tertiary/aromatic N) is 1. The third-order valence-corrected chi connectivity index (χ3v) is 10.3. The monoisotopic (exact) mass is 501 g/mol. The van der Waals surface area contributed by atoms with Crippen molar-refractivity contribution in [1.82, 2.24) is 10.3 Å². The quantitative estimate of drug-likeness (QED) is 0.373. The van der Waals surface area contributed by atoms with E-state index in [1.807, 2.05) is 18.3 Å². The second kappa shape index (κ2) is 10.3. The molecule has 0 radical (unpaired) electrons. The van der Waals surface area contributed by atoms with E-state index in [0.717, 1.165) is 81.5 Å². The van der Waals surface area contributed by atoms with Gasteiger partial charge < -0.3 is 20.8 Å². The SMILES string of the molecule is CCC(Sc1ccc(NCC2CCC(C(=O)O)CC2)nc1)C(=O)NC1C2CC3CC1CC(O)(C3)C2. The Hall–Kier alpha value is -1.80. The third kappa shape index (κ3) is 5.63. The fourth-order valence-electron chi connectivity index (χ4n) is 7.38. The van der Waals surface area contributed by atoms with Crippen LogP contribution in [0.1, 0.15) is 71.1 Å². The second-order valence-electron chi connectivity index (χ2n) is 11.6. The molecule has 1 amide bonds. The molecule has 4 N–H and O–H groups in total. The lowest BCUT2D eigenvalue weighted by Crippen LogP contribution is -2.62. The predicted molar refractivity (Wildman–Crippen MR) is 136 cm³/mol. The van der Waals surface area contributed by atoms with Crippen molar-refractivity contribution in [3.05, 3.63) is 18.3 Å². The maximum Gasteiger partial charge on any atom is 0.306 e. The maximum atomic E-state index is 13.2. The van der Waals surface area contributed by atoms with E-state index in [1.165, 1.54) is 0 Å². The molecule has 1 aromatic heterocycles. The Labute approximate surface area is 212 Å². The van der Waals surface area contributed by atoms with Crippen molar-refractivity contribution in [3.8, 4) is 0 Å². The van der Waals surface area contributed by atoms with Gasteiger partial charge in [0.2, 0.25) is 5.91 Å². The van der Waals surface area contributed by atoms with Gasteiger partial charge in [0, 0.05) is 23.7 Å². The van der Waals surface area contributed by atoms with Crippen LogP contribution in [0.2, 0.25) is 0 Å². The molecule has 0 spiro atoms. The zero-order valence-electron chi connectivity index (χ0n) is 20.6. The van der Waals surface area contributed by atoms with E-state index < -0.39 is 11.6 Å². The summed E-state index contributed by atoms with van der Waals surface area (Å²) in [5, 5.41) is 26.6. The van der Waals surface area contributed by atoms with Crippen molar-refractivity contribution in [1.29, 1.82) is 0 Å². The lowest BCUT2D eigenvalue weighted by Gasteiger charge is -2.58. The van der Waals surface area contributed by atoms with Crippen LogP contribution in [-0.2, 0) is 9.59 Å². The van der Waals surface area contributed by atoms with Gasteiger partial charge in [-0.2, -0.15) is 0 Å². The van der Waals surface area contributed by atoms with Gasteiger partial charge in [-0.3, -0.25) is 9.59 Å². The van der Waals surface area contributed by atoms with Crippen LogP contribution in [0.25, 0.3) is 0 Å². The number of amides is 1. The first-order valence-electron chi connectivity index (χ1n) is 13.4. The summed E-state index contributed by atoms with van der Waals surface area (Å²) in [7, 11) is 0. The number of aromatic nitrogens is 1. The van der Waals surface area contributed by atoms with Gasteiger partial charge in [-0.15, -0.1) is 11.8 Å². The molecule has 1 aromatic rings. The Morgan fingerprint density at radius 3 is 2.43 bits per heavy atom. The van der Waals surface area contributed by atoms with Gasteiger partial charge in [-0.05, 0) is 100 Å². The molecular weight excluding hydrogens is 462 g/mol. The van der Waals surface area contributed by atoms with Crippen molar-refractivity contribution in [3.63, 3.8) is 0 Å². The highest BCUT2D eigenvalue weighted by atomic mass is 32.2. The lowest BCUT2D eigenvalue weighted by molar-refractivity contribution is -0.146. The Balaban J connectivity index is 1.10. The van der Waals surface area contributed by atoms with Gasteiger partial charge in [0.1, 0.15) is 5.82 Å². The number of hydrogen-bond donors (Lipinski definition) is 4. The van der Waals surface area contributed by atoms with Crippen LogP contribution in [0.15, 0.2) is 23.2 Å². The Kier molecular flexibility index (Phi) is 7.31. The van der Waals surface area contributed by atoms with Crippen LogP contribution in [0, 0.1) is 29.6 Å². The summed E-state index contributed by atoms with van der Waals surface area (Å²) >= 11 is 1.57. The predicted octanol–water partition coefficient (Wildman–Crippen LogP) is 4.31. The molecule has 5 saturated carbocycles. The van der Waals surface area contributed by atoms with E-state index in [4.69, 9.17) is 5.11 Å². The molecule has 8 heteroatoms. The first-order chi connectivity index (χ1) is 16.8. The molecule has 7 nitrogen and oxygen atoms in total.